The van der Waals surface area contributed by atoms with Crippen LogP contribution in [-0.4, -0.2) is 57.7 Å². The first kappa shape index (κ1) is 27.4. The monoisotopic (exact) mass is 535 g/mol. The Morgan fingerprint density at radius 2 is 2.08 bits per heavy atom. The van der Waals surface area contributed by atoms with Crippen LogP contribution in [-0.2, 0) is 11.3 Å². The Morgan fingerprint density at radius 3 is 2.68 bits per heavy atom. The minimum absolute atomic E-state index is 0.155. The Labute approximate surface area is 226 Å². The molecule has 0 unspecified atom stereocenters. The van der Waals surface area contributed by atoms with Gasteiger partial charge < -0.3 is 15.0 Å². The van der Waals surface area contributed by atoms with Gasteiger partial charge in [0.1, 0.15) is 17.6 Å². The van der Waals surface area contributed by atoms with E-state index >= 15 is 0 Å². The molecule has 3 aromatic rings. The second-order valence-electron chi connectivity index (χ2n) is 9.57. The maximum Gasteiger partial charge on any atom is 0.227 e. The quantitative estimate of drug-likeness (QED) is 0.161. The molecule has 3 N–H and O–H groups in total. The van der Waals surface area contributed by atoms with Crippen LogP contribution in [0.15, 0.2) is 34.5 Å². The average Bonchev–Trinajstić information content (AvgIpc) is 3.76. The van der Waals surface area contributed by atoms with Gasteiger partial charge in [-0.2, -0.15) is 0 Å². The van der Waals surface area contributed by atoms with Crippen LogP contribution in [0.5, 0.6) is 5.88 Å². The molecule has 0 aromatic carbocycles. The van der Waals surface area contributed by atoms with Crippen molar-refractivity contribution >= 4 is 35.6 Å². The molecule has 0 spiro atoms. The van der Waals surface area contributed by atoms with E-state index in [9.17, 15) is 4.79 Å². The maximum atomic E-state index is 12.0. The van der Waals surface area contributed by atoms with Crippen molar-refractivity contribution in [2.45, 2.75) is 51.0 Å². The van der Waals surface area contributed by atoms with Gasteiger partial charge in [-0.15, -0.1) is 0 Å². The number of aldehydes is 1. The van der Waals surface area contributed by atoms with Gasteiger partial charge in [-0.1, -0.05) is 13.8 Å². The zero-order chi connectivity index (χ0) is 27.2. The van der Waals surface area contributed by atoms with Gasteiger partial charge in [0, 0.05) is 30.6 Å². The van der Waals surface area contributed by atoms with E-state index in [1.807, 2.05) is 31.0 Å². The minimum Gasteiger partial charge on any atom is -0.480 e. The van der Waals surface area contributed by atoms with E-state index in [2.05, 4.69) is 39.1 Å². The summed E-state index contributed by atoms with van der Waals surface area (Å²) in [4.78, 5) is 42.5. The highest BCUT2D eigenvalue weighted by Crippen LogP contribution is 2.45. The van der Waals surface area contributed by atoms with Gasteiger partial charge in [-0.3, -0.25) is 14.9 Å². The van der Waals surface area contributed by atoms with Crippen molar-refractivity contribution in [2.75, 3.05) is 25.6 Å². The lowest BCUT2D eigenvalue weighted by Gasteiger charge is -2.23. The Balaban J connectivity index is 1.75. The molecule has 1 fully saturated rings. The Hall–Kier alpha value is -3.64. The van der Waals surface area contributed by atoms with Crippen molar-refractivity contribution in [3.8, 4) is 17.3 Å². The largest absolute Gasteiger partial charge is 0.480 e. The number of aromatic nitrogens is 5. The molecular formula is C26H33N9O2S. The van der Waals surface area contributed by atoms with Crippen molar-refractivity contribution in [1.29, 1.82) is 0 Å². The molecule has 38 heavy (non-hydrogen) atoms. The van der Waals surface area contributed by atoms with Crippen molar-refractivity contribution in [1.82, 2.24) is 30.2 Å². The molecule has 12 heteroatoms. The van der Waals surface area contributed by atoms with Crippen molar-refractivity contribution < 1.29 is 9.53 Å². The molecule has 0 saturated heterocycles. The Morgan fingerprint density at radius 1 is 1.29 bits per heavy atom. The molecule has 11 nitrogen and oxygen atoms in total. The zero-order valence-corrected chi connectivity index (χ0v) is 23.1. The van der Waals surface area contributed by atoms with E-state index in [4.69, 9.17) is 19.8 Å². The van der Waals surface area contributed by atoms with Crippen LogP contribution in [0.25, 0.3) is 11.4 Å². The number of nitrogens with two attached hydrogens (primary N) is 1. The number of nitrogens with zero attached hydrogens (tertiary/aromatic N) is 7. The topological polar surface area (TPSA) is 144 Å². The van der Waals surface area contributed by atoms with Crippen molar-refractivity contribution in [3.63, 3.8) is 0 Å². The number of hydrogen-bond acceptors (Lipinski definition) is 11. The zero-order valence-electron chi connectivity index (χ0n) is 22.3. The highest BCUT2D eigenvalue weighted by Gasteiger charge is 2.32. The molecule has 3 aromatic heterocycles. The number of ether oxygens (including phenoxy) is 1. The van der Waals surface area contributed by atoms with Gasteiger partial charge in [-0.25, -0.2) is 24.9 Å². The summed E-state index contributed by atoms with van der Waals surface area (Å²) < 4.78 is 5.58. The van der Waals surface area contributed by atoms with Crippen molar-refractivity contribution in [2.24, 2.45) is 16.0 Å². The highest BCUT2D eigenvalue weighted by molar-refractivity contribution is 7.97. The molecule has 200 valence electrons. The first-order valence-corrected chi connectivity index (χ1v) is 13.3. The summed E-state index contributed by atoms with van der Waals surface area (Å²) in [5.41, 5.74) is 3.48. The molecule has 1 aliphatic rings. The number of amidine groups is 1. The number of aryl methyl sites for hydroxylation is 1. The molecular weight excluding hydrogens is 502 g/mol. The molecule has 4 rings (SSSR count). The Bertz CT molecular complexity index is 1310. The highest BCUT2D eigenvalue weighted by atomic mass is 32.2. The van der Waals surface area contributed by atoms with E-state index in [1.165, 1.54) is 6.33 Å². The van der Waals surface area contributed by atoms with Gasteiger partial charge in [0.25, 0.3) is 0 Å². The number of pyridine rings is 1. The number of methoxy groups -OCH3 is 1. The van der Waals surface area contributed by atoms with Crippen LogP contribution in [0, 0.1) is 12.8 Å². The van der Waals surface area contributed by atoms with Gasteiger partial charge in [0.05, 0.1) is 30.7 Å². The molecule has 1 saturated carbocycles. The molecule has 0 atom stereocenters. The lowest BCUT2D eigenvalue weighted by atomic mass is 10.1. The fourth-order valence-corrected chi connectivity index (χ4v) is 4.36. The van der Waals surface area contributed by atoms with E-state index < -0.39 is 0 Å². The molecule has 0 radical (unpaired) electrons. The minimum atomic E-state index is 0.155. The van der Waals surface area contributed by atoms with Crippen LogP contribution in [0.4, 0.5) is 11.5 Å². The maximum absolute atomic E-state index is 12.0. The number of anilines is 1. The third-order valence-electron chi connectivity index (χ3n) is 5.99. The van der Waals surface area contributed by atoms with E-state index in [-0.39, 0.29) is 5.84 Å². The second-order valence-corrected chi connectivity index (χ2v) is 10.3. The predicted molar refractivity (Wildman–Crippen MR) is 149 cm³/mol. The lowest BCUT2D eigenvalue weighted by molar-refractivity contribution is -0.102. The van der Waals surface area contributed by atoms with Crippen LogP contribution in [0.2, 0.25) is 0 Å². The second kappa shape index (κ2) is 12.3. The molecule has 0 aliphatic heterocycles. The average molecular weight is 536 g/mol. The van der Waals surface area contributed by atoms with E-state index in [0.717, 1.165) is 47.6 Å². The fraction of sp³-hybridized carbons (Fsp3) is 0.423. The summed E-state index contributed by atoms with van der Waals surface area (Å²) in [6.07, 6.45) is 6.01. The third kappa shape index (κ3) is 6.43. The summed E-state index contributed by atoms with van der Waals surface area (Å²) in [5.74, 6) is 2.40. The van der Waals surface area contributed by atoms with Crippen LogP contribution >= 0.6 is 11.9 Å². The van der Waals surface area contributed by atoms with Crippen molar-refractivity contribution in [3.05, 3.63) is 41.7 Å². The predicted octanol–water partition coefficient (Wildman–Crippen LogP) is 3.60. The summed E-state index contributed by atoms with van der Waals surface area (Å²) in [7, 11) is 3.54. The summed E-state index contributed by atoms with van der Waals surface area (Å²) in [6.45, 7) is 7.18. The van der Waals surface area contributed by atoms with Crippen LogP contribution in [0.3, 0.4) is 0 Å². The van der Waals surface area contributed by atoms with Crippen LogP contribution in [0.1, 0.15) is 49.7 Å². The van der Waals surface area contributed by atoms with Gasteiger partial charge in [-0.05, 0) is 49.8 Å². The number of rotatable bonds is 11. The van der Waals surface area contributed by atoms with Gasteiger partial charge in [0.15, 0.2) is 23.8 Å². The summed E-state index contributed by atoms with van der Waals surface area (Å²) >= 11 is 1.13. The molecule has 0 bridgehead atoms. The summed E-state index contributed by atoms with van der Waals surface area (Å²) in [6, 6.07) is 3.72. The van der Waals surface area contributed by atoms with Gasteiger partial charge in [0.2, 0.25) is 5.88 Å². The van der Waals surface area contributed by atoms with Crippen LogP contribution < -0.4 is 20.1 Å². The Kier molecular flexibility index (Phi) is 8.85. The first-order valence-electron chi connectivity index (χ1n) is 12.4. The van der Waals surface area contributed by atoms with Gasteiger partial charge >= 0.3 is 0 Å². The van der Waals surface area contributed by atoms with E-state index in [1.54, 1.807) is 13.3 Å². The number of carbonyl (C=O) groups excluding carboxylic acids is 1. The third-order valence-corrected chi connectivity index (χ3v) is 6.51. The number of hydrogen-bond donors (Lipinski definition) is 2. The summed E-state index contributed by atoms with van der Waals surface area (Å²) in [5, 5.41) is 8.64. The van der Waals surface area contributed by atoms with E-state index in [0.29, 0.717) is 59.1 Å². The standard InChI is InChI=1S/C26H33N9O2S/c1-15(2)12-35(4)25-22(33-20(13-36)29-10-18-8-9-19(38-27)11-28-18)16(3)32-24(34-25)21-23(17-6-7-17)30-14-31-26(21)37-5/h8-9,11,13-15,17H,6-7,10,12,27H2,1-5H3,(H,29,33). The SMILES string of the molecule is COc1ncnc(C2CC2)c1-c1nc(C)c(/N=C(\C=O)NCc2ccc(SN)cn2)c(N(C)CC(C)C)n1. The smallest absolute Gasteiger partial charge is 0.227 e. The number of carbonyl (C=O) groups is 1. The normalized spacial score (nSPS) is 13.5. The molecule has 0 amide bonds. The molecule has 1 aliphatic carbocycles. The number of nitrogens with one attached hydrogen (secondary N) is 1. The lowest BCUT2D eigenvalue weighted by Crippen LogP contribution is -2.26. The first-order chi connectivity index (χ1) is 18.3. The fourth-order valence-electron chi connectivity index (χ4n) is 4.10. The molecule has 3 heterocycles. The number of aliphatic imine (C=N–C) groups is 1.